The SMILES string of the molecule is OCC1CCCn2nc(-c3ccccc3Br)nc21. The fourth-order valence-electron chi connectivity index (χ4n) is 2.37. The molecule has 1 atom stereocenters. The summed E-state index contributed by atoms with van der Waals surface area (Å²) in [5.74, 6) is 1.77. The number of nitrogens with zero attached hydrogens (tertiary/aromatic N) is 3. The highest BCUT2D eigenvalue weighted by Gasteiger charge is 2.24. The van der Waals surface area contributed by atoms with Crippen LogP contribution in [0, 0.1) is 0 Å². The molecule has 1 aromatic carbocycles. The lowest BCUT2D eigenvalue weighted by Gasteiger charge is -2.19. The van der Waals surface area contributed by atoms with Gasteiger partial charge in [-0.05, 0) is 25.0 Å². The van der Waals surface area contributed by atoms with Crippen LogP contribution in [-0.4, -0.2) is 26.5 Å². The number of aliphatic hydroxyl groups excluding tert-OH is 1. The van der Waals surface area contributed by atoms with Crippen molar-refractivity contribution in [3.8, 4) is 11.4 Å². The summed E-state index contributed by atoms with van der Waals surface area (Å²) >= 11 is 3.52. The van der Waals surface area contributed by atoms with Crippen LogP contribution in [0.15, 0.2) is 28.7 Å². The van der Waals surface area contributed by atoms with Gasteiger partial charge in [-0.25, -0.2) is 9.67 Å². The molecule has 3 rings (SSSR count). The fraction of sp³-hybridized carbons (Fsp3) is 0.385. The predicted octanol–water partition coefficient (Wildman–Crippen LogP) is 2.58. The van der Waals surface area contributed by atoms with E-state index in [4.69, 9.17) is 0 Å². The third kappa shape index (κ3) is 1.97. The fourth-order valence-corrected chi connectivity index (χ4v) is 2.83. The molecule has 1 unspecified atom stereocenters. The number of halogens is 1. The van der Waals surface area contributed by atoms with E-state index in [2.05, 4.69) is 26.0 Å². The molecule has 0 bridgehead atoms. The second-order valence-corrected chi connectivity index (χ2v) is 5.37. The van der Waals surface area contributed by atoms with Gasteiger partial charge in [0.1, 0.15) is 5.82 Å². The van der Waals surface area contributed by atoms with Crippen LogP contribution in [0.25, 0.3) is 11.4 Å². The number of aromatic nitrogens is 3. The molecule has 0 saturated heterocycles. The van der Waals surface area contributed by atoms with Crippen LogP contribution in [0.3, 0.4) is 0 Å². The minimum absolute atomic E-state index is 0.127. The molecule has 0 saturated carbocycles. The van der Waals surface area contributed by atoms with E-state index in [9.17, 15) is 5.11 Å². The molecule has 2 heterocycles. The minimum atomic E-state index is 0.127. The van der Waals surface area contributed by atoms with Gasteiger partial charge in [-0.3, -0.25) is 0 Å². The number of benzene rings is 1. The lowest BCUT2D eigenvalue weighted by Crippen LogP contribution is -2.19. The van der Waals surface area contributed by atoms with Crippen molar-refractivity contribution in [1.29, 1.82) is 0 Å². The first-order valence-corrected chi connectivity index (χ1v) is 6.89. The van der Waals surface area contributed by atoms with Gasteiger partial charge in [0.05, 0.1) is 6.61 Å². The Hall–Kier alpha value is -1.20. The Balaban J connectivity index is 2.05. The van der Waals surface area contributed by atoms with Crippen LogP contribution < -0.4 is 0 Å². The number of aliphatic hydroxyl groups is 1. The molecular weight excluding hydrogens is 294 g/mol. The molecular formula is C13H14BrN3O. The van der Waals surface area contributed by atoms with E-state index in [0.717, 1.165) is 41.1 Å². The highest BCUT2D eigenvalue weighted by Crippen LogP contribution is 2.30. The second-order valence-electron chi connectivity index (χ2n) is 4.52. The molecule has 1 aromatic heterocycles. The van der Waals surface area contributed by atoms with Crippen LogP contribution in [0.5, 0.6) is 0 Å². The Bertz CT molecular complexity index is 567. The zero-order valence-corrected chi connectivity index (χ0v) is 11.5. The van der Waals surface area contributed by atoms with Gasteiger partial charge in [-0.2, -0.15) is 5.10 Å². The molecule has 0 amide bonds. The molecule has 0 spiro atoms. The van der Waals surface area contributed by atoms with Crippen molar-refractivity contribution in [1.82, 2.24) is 14.8 Å². The quantitative estimate of drug-likeness (QED) is 0.928. The standard InChI is InChI=1S/C13H14BrN3O/c14-11-6-2-1-5-10(11)12-15-13-9(8-18)4-3-7-17(13)16-12/h1-2,5-6,9,18H,3-4,7-8H2. The van der Waals surface area contributed by atoms with E-state index >= 15 is 0 Å². The number of hydrogen-bond donors (Lipinski definition) is 1. The van der Waals surface area contributed by atoms with Crippen LogP contribution in [-0.2, 0) is 6.54 Å². The van der Waals surface area contributed by atoms with E-state index in [0.29, 0.717) is 0 Å². The van der Waals surface area contributed by atoms with E-state index in [1.807, 2.05) is 28.9 Å². The van der Waals surface area contributed by atoms with Crippen molar-refractivity contribution in [3.63, 3.8) is 0 Å². The van der Waals surface area contributed by atoms with Crippen molar-refractivity contribution in [2.45, 2.75) is 25.3 Å². The van der Waals surface area contributed by atoms with Crippen molar-refractivity contribution >= 4 is 15.9 Å². The summed E-state index contributed by atoms with van der Waals surface area (Å²) in [6, 6.07) is 7.93. The third-order valence-corrected chi connectivity index (χ3v) is 4.01. The lowest BCUT2D eigenvalue weighted by molar-refractivity contribution is 0.234. The lowest BCUT2D eigenvalue weighted by atomic mass is 10.0. The number of hydrogen-bond acceptors (Lipinski definition) is 3. The first-order valence-electron chi connectivity index (χ1n) is 6.10. The van der Waals surface area contributed by atoms with Gasteiger partial charge in [0.25, 0.3) is 0 Å². The number of aryl methyl sites for hydroxylation is 1. The zero-order valence-electron chi connectivity index (χ0n) is 9.88. The largest absolute Gasteiger partial charge is 0.396 e. The molecule has 0 fully saturated rings. The highest BCUT2D eigenvalue weighted by atomic mass is 79.9. The monoisotopic (exact) mass is 307 g/mol. The van der Waals surface area contributed by atoms with Crippen LogP contribution in [0.1, 0.15) is 24.6 Å². The van der Waals surface area contributed by atoms with Crippen molar-refractivity contribution in [3.05, 3.63) is 34.6 Å². The van der Waals surface area contributed by atoms with E-state index in [-0.39, 0.29) is 12.5 Å². The summed E-state index contributed by atoms with van der Waals surface area (Å²) in [5.41, 5.74) is 0.996. The molecule has 1 aliphatic heterocycles. The Morgan fingerprint density at radius 3 is 3.00 bits per heavy atom. The normalized spacial score (nSPS) is 18.7. The van der Waals surface area contributed by atoms with Crippen molar-refractivity contribution in [2.75, 3.05) is 6.61 Å². The first kappa shape index (κ1) is 11.9. The average Bonchev–Trinajstić information content (AvgIpc) is 2.82. The Morgan fingerprint density at radius 1 is 1.39 bits per heavy atom. The molecule has 5 heteroatoms. The summed E-state index contributed by atoms with van der Waals surface area (Å²) < 4.78 is 2.92. The summed E-state index contributed by atoms with van der Waals surface area (Å²) in [5, 5.41) is 13.9. The van der Waals surface area contributed by atoms with Crippen LogP contribution in [0.2, 0.25) is 0 Å². The zero-order chi connectivity index (χ0) is 12.5. The topological polar surface area (TPSA) is 50.9 Å². The first-order chi connectivity index (χ1) is 8.79. The molecule has 94 valence electrons. The molecule has 18 heavy (non-hydrogen) atoms. The van der Waals surface area contributed by atoms with Crippen molar-refractivity contribution < 1.29 is 5.11 Å². The molecule has 0 radical (unpaired) electrons. The van der Waals surface area contributed by atoms with Crippen molar-refractivity contribution in [2.24, 2.45) is 0 Å². The molecule has 1 aliphatic rings. The molecule has 2 aromatic rings. The second kappa shape index (κ2) is 4.82. The van der Waals surface area contributed by atoms with Gasteiger partial charge in [-0.1, -0.05) is 28.1 Å². The smallest absolute Gasteiger partial charge is 0.182 e. The van der Waals surface area contributed by atoms with Gasteiger partial charge in [0.2, 0.25) is 0 Å². The minimum Gasteiger partial charge on any atom is -0.396 e. The maximum Gasteiger partial charge on any atom is 0.182 e. The van der Waals surface area contributed by atoms with Gasteiger partial charge >= 0.3 is 0 Å². The number of fused-ring (bicyclic) bond motifs is 1. The Kier molecular flexibility index (Phi) is 3.18. The van der Waals surface area contributed by atoms with Crippen LogP contribution >= 0.6 is 15.9 Å². The molecule has 4 nitrogen and oxygen atoms in total. The number of rotatable bonds is 2. The molecule has 1 N–H and O–H groups in total. The van der Waals surface area contributed by atoms with Gasteiger partial charge in [-0.15, -0.1) is 0 Å². The third-order valence-electron chi connectivity index (χ3n) is 3.32. The van der Waals surface area contributed by atoms with Gasteiger partial charge < -0.3 is 5.11 Å². The summed E-state index contributed by atoms with van der Waals surface area (Å²) in [6.07, 6.45) is 2.04. The van der Waals surface area contributed by atoms with Gasteiger partial charge in [0.15, 0.2) is 5.82 Å². The average molecular weight is 308 g/mol. The Morgan fingerprint density at radius 2 is 2.22 bits per heavy atom. The Labute approximate surface area is 114 Å². The van der Waals surface area contributed by atoms with E-state index < -0.39 is 0 Å². The maximum absolute atomic E-state index is 9.38. The summed E-state index contributed by atoms with van der Waals surface area (Å²) in [7, 11) is 0. The highest BCUT2D eigenvalue weighted by molar-refractivity contribution is 9.10. The van der Waals surface area contributed by atoms with Crippen LogP contribution in [0.4, 0.5) is 0 Å². The van der Waals surface area contributed by atoms with Gasteiger partial charge in [0, 0.05) is 22.5 Å². The van der Waals surface area contributed by atoms with E-state index in [1.165, 1.54) is 0 Å². The molecule has 0 aliphatic carbocycles. The summed E-state index contributed by atoms with van der Waals surface area (Å²) in [4.78, 5) is 4.60. The maximum atomic E-state index is 9.38. The predicted molar refractivity (Wildman–Crippen MR) is 72.2 cm³/mol. The summed E-state index contributed by atoms with van der Waals surface area (Å²) in [6.45, 7) is 1.04. The van der Waals surface area contributed by atoms with E-state index in [1.54, 1.807) is 0 Å².